The number of likely N-dealkylation sites (tertiary alicyclic amines) is 1. The van der Waals surface area contributed by atoms with Crippen LogP contribution in [0, 0.1) is 17.3 Å². The quantitative estimate of drug-likeness (QED) is 0.248. The third-order valence-corrected chi connectivity index (χ3v) is 10.9. The lowest BCUT2D eigenvalue weighted by molar-refractivity contribution is -0.127. The summed E-state index contributed by atoms with van der Waals surface area (Å²) in [6.45, 7) is 6.98. The van der Waals surface area contributed by atoms with Crippen molar-refractivity contribution in [1.29, 1.82) is 0 Å². The van der Waals surface area contributed by atoms with Gasteiger partial charge in [-0.3, -0.25) is 0 Å². The summed E-state index contributed by atoms with van der Waals surface area (Å²) in [5.74, 6) is 6.20. The van der Waals surface area contributed by atoms with E-state index in [-0.39, 0.29) is 34.6 Å². The summed E-state index contributed by atoms with van der Waals surface area (Å²) < 4.78 is 76.5. The zero-order chi connectivity index (χ0) is 34.2. The molecule has 13 heteroatoms. The second-order valence-electron chi connectivity index (χ2n) is 13.4. The number of anilines is 2. The van der Waals surface area contributed by atoms with E-state index in [1.807, 2.05) is 26.8 Å². The van der Waals surface area contributed by atoms with Crippen LogP contribution in [-0.4, -0.2) is 70.2 Å². The molecule has 8 nitrogen and oxygen atoms in total. The Morgan fingerprint density at radius 2 is 1.81 bits per heavy atom. The van der Waals surface area contributed by atoms with Gasteiger partial charge in [0.15, 0.2) is 9.84 Å². The second kappa shape index (κ2) is 13.1. The normalized spacial score (nSPS) is 16.7. The van der Waals surface area contributed by atoms with Gasteiger partial charge in [-0.2, -0.15) is 13.2 Å². The fourth-order valence-corrected chi connectivity index (χ4v) is 8.09. The van der Waals surface area contributed by atoms with Crippen LogP contribution in [0.2, 0.25) is 0 Å². The van der Waals surface area contributed by atoms with E-state index in [0.717, 1.165) is 42.3 Å². The predicted octanol–water partition coefficient (Wildman–Crippen LogP) is 7.47. The average Bonchev–Trinajstić information content (AvgIpc) is 3.30. The predicted molar refractivity (Wildman–Crippen MR) is 179 cm³/mol. The highest BCUT2D eigenvalue weighted by molar-refractivity contribution is 7.90. The van der Waals surface area contributed by atoms with Crippen molar-refractivity contribution in [2.75, 3.05) is 43.6 Å². The summed E-state index contributed by atoms with van der Waals surface area (Å²) in [5.41, 5.74) is 1.08. The number of nitrogens with one attached hydrogen (secondary N) is 2. The molecule has 0 atom stereocenters. The number of sulfone groups is 1. The van der Waals surface area contributed by atoms with Crippen molar-refractivity contribution < 1.29 is 35.9 Å². The summed E-state index contributed by atoms with van der Waals surface area (Å²) in [4.78, 5) is 14.7. The molecule has 0 radical (unpaired) electrons. The lowest BCUT2D eigenvalue weighted by atomic mass is 9.60. The standard InChI is InChI=1S/C34H40F3N3O5S2/c1-32(2,3)45-31(41)40-16-13-33(14-17-40)19-22(20-33)39-27-9-6-8-24-25(21-34(35,36)37)29(46-30(24)27)10-7-15-38-26-12-11-23(47(5,42)43)18-28(26)44-4/h6,8-9,11-12,18,22,38-39H,13-17,19-21H2,1-5H3. The molecule has 2 fully saturated rings. The molecule has 254 valence electrons. The van der Waals surface area contributed by atoms with Crippen molar-refractivity contribution in [3.8, 4) is 17.6 Å². The summed E-state index contributed by atoms with van der Waals surface area (Å²) in [6, 6.07) is 10.00. The molecule has 0 bridgehead atoms. The zero-order valence-corrected chi connectivity index (χ0v) is 28.8. The Morgan fingerprint density at radius 1 is 1.11 bits per heavy atom. The topological polar surface area (TPSA) is 97.0 Å². The van der Waals surface area contributed by atoms with Crippen LogP contribution in [0.5, 0.6) is 5.75 Å². The number of methoxy groups -OCH3 is 1. The van der Waals surface area contributed by atoms with Crippen LogP contribution < -0.4 is 15.4 Å². The first-order valence-electron chi connectivity index (χ1n) is 15.4. The number of nitrogens with zero attached hydrogens (tertiary/aromatic N) is 1. The maximum absolute atomic E-state index is 13.7. The van der Waals surface area contributed by atoms with E-state index in [1.165, 1.54) is 30.6 Å². The maximum Gasteiger partial charge on any atom is 0.410 e. The number of piperidine rings is 1. The van der Waals surface area contributed by atoms with Gasteiger partial charge in [-0.05, 0) is 81.0 Å². The number of rotatable bonds is 7. The highest BCUT2D eigenvalue weighted by atomic mass is 32.2. The first-order valence-corrected chi connectivity index (χ1v) is 18.1. The maximum atomic E-state index is 13.7. The fourth-order valence-electron chi connectivity index (χ4n) is 6.28. The van der Waals surface area contributed by atoms with Gasteiger partial charge in [0.25, 0.3) is 0 Å². The molecule has 1 saturated heterocycles. The second-order valence-corrected chi connectivity index (χ2v) is 16.4. The van der Waals surface area contributed by atoms with Crippen LogP contribution >= 0.6 is 11.3 Å². The Kier molecular flexibility index (Phi) is 9.68. The van der Waals surface area contributed by atoms with Crippen LogP contribution in [0.4, 0.5) is 29.3 Å². The summed E-state index contributed by atoms with van der Waals surface area (Å²) in [7, 11) is -2.00. The van der Waals surface area contributed by atoms with E-state index in [9.17, 15) is 26.4 Å². The third kappa shape index (κ3) is 8.46. The molecule has 1 aliphatic heterocycles. The van der Waals surface area contributed by atoms with E-state index in [0.29, 0.717) is 34.8 Å². The van der Waals surface area contributed by atoms with E-state index < -0.39 is 28.0 Å². The molecule has 2 aromatic carbocycles. The highest BCUT2D eigenvalue weighted by Gasteiger charge is 2.47. The molecule has 1 aliphatic carbocycles. The molecule has 1 spiro atoms. The Hall–Kier alpha value is -3.63. The van der Waals surface area contributed by atoms with Crippen LogP contribution in [-0.2, 0) is 21.0 Å². The van der Waals surface area contributed by atoms with Crippen molar-refractivity contribution in [2.24, 2.45) is 5.41 Å². The molecule has 1 saturated carbocycles. The molecule has 47 heavy (non-hydrogen) atoms. The summed E-state index contributed by atoms with van der Waals surface area (Å²) >= 11 is 1.25. The molecule has 3 aromatic rings. The smallest absolute Gasteiger partial charge is 0.410 e. The number of fused-ring (bicyclic) bond motifs is 1. The highest BCUT2D eigenvalue weighted by Crippen LogP contribution is 2.51. The Bertz CT molecular complexity index is 1800. The first kappa shape index (κ1) is 34.7. The number of carbonyl (C=O) groups excluding carboxylic acids is 1. The molecule has 2 N–H and O–H groups in total. The van der Waals surface area contributed by atoms with Crippen LogP contribution in [0.15, 0.2) is 41.3 Å². The number of alkyl halides is 3. The minimum atomic E-state index is -4.41. The molecule has 5 rings (SSSR count). The number of amides is 1. The van der Waals surface area contributed by atoms with Gasteiger partial charge in [-0.15, -0.1) is 11.3 Å². The first-order chi connectivity index (χ1) is 22.0. The minimum Gasteiger partial charge on any atom is -0.495 e. The third-order valence-electron chi connectivity index (χ3n) is 8.56. The Labute approximate surface area is 277 Å². The van der Waals surface area contributed by atoms with Crippen molar-refractivity contribution in [3.63, 3.8) is 0 Å². The van der Waals surface area contributed by atoms with Crippen LogP contribution in [0.3, 0.4) is 0 Å². The molecular weight excluding hydrogens is 652 g/mol. The van der Waals surface area contributed by atoms with Gasteiger partial charge in [0.05, 0.1) is 45.9 Å². The van der Waals surface area contributed by atoms with Crippen LogP contribution in [0.1, 0.15) is 56.9 Å². The van der Waals surface area contributed by atoms with Gasteiger partial charge < -0.3 is 25.0 Å². The van der Waals surface area contributed by atoms with E-state index in [4.69, 9.17) is 9.47 Å². The monoisotopic (exact) mass is 691 g/mol. The van der Waals surface area contributed by atoms with Gasteiger partial charge >= 0.3 is 12.3 Å². The number of thiophene rings is 1. The minimum absolute atomic E-state index is 0.106. The van der Waals surface area contributed by atoms with E-state index in [2.05, 4.69) is 22.5 Å². The van der Waals surface area contributed by atoms with Crippen molar-refractivity contribution in [2.45, 2.75) is 75.6 Å². The summed E-state index contributed by atoms with van der Waals surface area (Å²) in [5, 5.41) is 7.18. The number of hydrogen-bond donors (Lipinski definition) is 2. The Balaban J connectivity index is 1.28. The van der Waals surface area contributed by atoms with Gasteiger partial charge in [0.2, 0.25) is 0 Å². The van der Waals surface area contributed by atoms with Gasteiger partial charge in [0.1, 0.15) is 11.4 Å². The molecule has 2 heterocycles. The van der Waals surface area contributed by atoms with E-state index in [1.54, 1.807) is 23.1 Å². The fraction of sp³-hybridized carbons (Fsp3) is 0.500. The molecule has 0 unspecified atom stereocenters. The van der Waals surface area contributed by atoms with Gasteiger partial charge in [-0.25, -0.2) is 13.2 Å². The lowest BCUT2D eigenvalue weighted by Gasteiger charge is -2.52. The van der Waals surface area contributed by atoms with Crippen molar-refractivity contribution >= 4 is 48.7 Å². The molecule has 2 aliphatic rings. The SMILES string of the molecule is COc1cc(S(C)(=O)=O)ccc1NCC#Cc1sc2c(NC3CC4(CCN(C(=O)OC(C)(C)C)CC4)C3)cccc2c1CC(F)(F)F. The van der Waals surface area contributed by atoms with Crippen molar-refractivity contribution in [3.05, 3.63) is 46.8 Å². The van der Waals surface area contributed by atoms with Crippen molar-refractivity contribution in [1.82, 2.24) is 4.90 Å². The van der Waals surface area contributed by atoms with E-state index >= 15 is 0 Å². The van der Waals surface area contributed by atoms with Gasteiger partial charge in [-0.1, -0.05) is 24.0 Å². The zero-order valence-electron chi connectivity index (χ0n) is 27.1. The number of hydrogen-bond acceptors (Lipinski definition) is 8. The Morgan fingerprint density at radius 3 is 2.43 bits per heavy atom. The van der Waals surface area contributed by atoms with Crippen LogP contribution in [0.25, 0.3) is 10.1 Å². The number of halogens is 3. The van der Waals surface area contributed by atoms with Gasteiger partial charge in [0, 0.05) is 31.5 Å². The lowest BCUT2D eigenvalue weighted by Crippen LogP contribution is -2.53. The largest absolute Gasteiger partial charge is 0.495 e. The number of ether oxygens (including phenoxy) is 2. The molecular formula is C34H40F3N3O5S2. The molecule has 1 amide bonds. The number of carbonyl (C=O) groups is 1. The number of benzene rings is 2. The molecule has 1 aromatic heterocycles. The average molecular weight is 692 g/mol. The summed E-state index contributed by atoms with van der Waals surface area (Å²) in [6.07, 6.45) is -1.02.